The molecular formula is C13H20N6. The molecule has 0 aliphatic carbocycles. The van der Waals surface area contributed by atoms with Crippen LogP contribution in [-0.4, -0.2) is 25.9 Å². The van der Waals surface area contributed by atoms with Gasteiger partial charge >= 0.3 is 0 Å². The fourth-order valence-electron chi connectivity index (χ4n) is 2.58. The van der Waals surface area contributed by atoms with Crippen molar-refractivity contribution in [1.82, 2.24) is 19.3 Å². The van der Waals surface area contributed by atoms with Gasteiger partial charge in [0.2, 0.25) is 0 Å². The summed E-state index contributed by atoms with van der Waals surface area (Å²) in [7, 11) is 0. The summed E-state index contributed by atoms with van der Waals surface area (Å²) in [5.41, 5.74) is 7.90. The summed E-state index contributed by atoms with van der Waals surface area (Å²) in [6, 6.07) is 0.299. The van der Waals surface area contributed by atoms with E-state index in [2.05, 4.69) is 33.4 Å². The summed E-state index contributed by atoms with van der Waals surface area (Å²) < 4.78 is 4.21. The minimum Gasteiger partial charge on any atom is -0.394 e. The second-order valence-corrected chi connectivity index (χ2v) is 5.32. The fraction of sp³-hybridized carbons (Fsp3) is 0.538. The summed E-state index contributed by atoms with van der Waals surface area (Å²) in [6.07, 6.45) is 3.88. The van der Waals surface area contributed by atoms with Gasteiger partial charge in [0.05, 0.1) is 17.9 Å². The quantitative estimate of drug-likeness (QED) is 0.890. The molecule has 19 heavy (non-hydrogen) atoms. The molecule has 0 radical (unpaired) electrons. The van der Waals surface area contributed by atoms with Gasteiger partial charge in [-0.25, -0.2) is 9.67 Å². The Bertz CT molecular complexity index is 594. The summed E-state index contributed by atoms with van der Waals surface area (Å²) in [5.74, 6) is 2.11. The summed E-state index contributed by atoms with van der Waals surface area (Å²) in [6.45, 7) is 8.88. The molecular weight excluding hydrogens is 240 g/mol. The van der Waals surface area contributed by atoms with Crippen LogP contribution in [0.1, 0.15) is 31.4 Å². The predicted octanol–water partition coefficient (Wildman–Crippen LogP) is 1.57. The standard InChI is InChI=1S/C13H20N6/c1-9(2)19-13(12(14)10(3)16-19)18-7-6-17-5-4-15-11(17)8-18/h4-5,9H,6-8,14H2,1-3H3. The van der Waals surface area contributed by atoms with Crippen LogP contribution in [0, 0.1) is 6.92 Å². The number of hydrogen-bond acceptors (Lipinski definition) is 4. The highest BCUT2D eigenvalue weighted by Crippen LogP contribution is 2.31. The molecule has 3 heterocycles. The first-order valence-electron chi connectivity index (χ1n) is 6.67. The van der Waals surface area contributed by atoms with Crippen molar-refractivity contribution in [3.05, 3.63) is 23.9 Å². The first-order valence-corrected chi connectivity index (χ1v) is 6.67. The number of nitrogens with zero attached hydrogens (tertiary/aromatic N) is 5. The predicted molar refractivity (Wildman–Crippen MR) is 75.0 cm³/mol. The van der Waals surface area contributed by atoms with Gasteiger partial charge in [-0.2, -0.15) is 5.10 Å². The first kappa shape index (κ1) is 12.1. The second kappa shape index (κ2) is 4.29. The summed E-state index contributed by atoms with van der Waals surface area (Å²) in [5, 5.41) is 4.55. The molecule has 6 nitrogen and oxygen atoms in total. The van der Waals surface area contributed by atoms with Gasteiger partial charge in [0.1, 0.15) is 5.82 Å². The van der Waals surface area contributed by atoms with Crippen LogP contribution in [0.25, 0.3) is 0 Å². The lowest BCUT2D eigenvalue weighted by atomic mass is 10.3. The van der Waals surface area contributed by atoms with Gasteiger partial charge in [0.15, 0.2) is 5.82 Å². The topological polar surface area (TPSA) is 64.9 Å². The lowest BCUT2D eigenvalue weighted by Crippen LogP contribution is -2.35. The highest BCUT2D eigenvalue weighted by Gasteiger charge is 2.24. The number of nitrogen functional groups attached to an aromatic ring is 1. The molecule has 6 heteroatoms. The van der Waals surface area contributed by atoms with Crippen molar-refractivity contribution in [2.24, 2.45) is 0 Å². The normalized spacial score (nSPS) is 15.1. The van der Waals surface area contributed by atoms with Crippen molar-refractivity contribution in [1.29, 1.82) is 0 Å². The Morgan fingerprint density at radius 2 is 2.11 bits per heavy atom. The Labute approximate surface area is 112 Å². The molecule has 2 aromatic rings. The third kappa shape index (κ3) is 1.87. The van der Waals surface area contributed by atoms with Crippen molar-refractivity contribution in [3.63, 3.8) is 0 Å². The van der Waals surface area contributed by atoms with E-state index in [1.807, 2.05) is 24.0 Å². The van der Waals surface area contributed by atoms with Crippen molar-refractivity contribution < 1.29 is 0 Å². The number of nitrogens with two attached hydrogens (primary N) is 1. The molecule has 0 bridgehead atoms. The average molecular weight is 260 g/mol. The van der Waals surface area contributed by atoms with Crippen LogP contribution in [0.5, 0.6) is 0 Å². The molecule has 2 N–H and O–H groups in total. The molecule has 0 atom stereocenters. The third-order valence-corrected chi connectivity index (χ3v) is 3.64. The molecule has 0 unspecified atom stereocenters. The van der Waals surface area contributed by atoms with Gasteiger partial charge < -0.3 is 15.2 Å². The first-order chi connectivity index (χ1) is 9.08. The third-order valence-electron chi connectivity index (χ3n) is 3.64. The highest BCUT2D eigenvalue weighted by atomic mass is 15.4. The van der Waals surface area contributed by atoms with Crippen LogP contribution in [0.3, 0.4) is 0 Å². The average Bonchev–Trinajstić information content (AvgIpc) is 2.94. The molecule has 0 aromatic carbocycles. The highest BCUT2D eigenvalue weighted by molar-refractivity contribution is 5.66. The molecule has 102 valence electrons. The van der Waals surface area contributed by atoms with Crippen LogP contribution >= 0.6 is 0 Å². The minimum atomic E-state index is 0.299. The maximum absolute atomic E-state index is 6.22. The largest absolute Gasteiger partial charge is 0.394 e. The molecule has 3 rings (SSSR count). The van der Waals surface area contributed by atoms with Gasteiger partial charge in [-0.05, 0) is 20.8 Å². The molecule has 1 aliphatic rings. The monoisotopic (exact) mass is 260 g/mol. The minimum absolute atomic E-state index is 0.299. The van der Waals surface area contributed by atoms with Gasteiger partial charge in [-0.1, -0.05) is 0 Å². The Hall–Kier alpha value is -1.98. The number of imidazole rings is 1. The Balaban J connectivity index is 1.99. The number of hydrogen-bond donors (Lipinski definition) is 1. The molecule has 1 aliphatic heterocycles. The Morgan fingerprint density at radius 1 is 1.32 bits per heavy atom. The van der Waals surface area contributed by atoms with Crippen LogP contribution < -0.4 is 10.6 Å². The zero-order valence-electron chi connectivity index (χ0n) is 11.7. The van der Waals surface area contributed by atoms with E-state index >= 15 is 0 Å². The lowest BCUT2D eigenvalue weighted by Gasteiger charge is -2.30. The van der Waals surface area contributed by atoms with Crippen molar-refractivity contribution >= 4 is 11.5 Å². The fourth-order valence-corrected chi connectivity index (χ4v) is 2.58. The van der Waals surface area contributed by atoms with Crippen LogP contribution in [0.4, 0.5) is 11.5 Å². The van der Waals surface area contributed by atoms with Crippen molar-refractivity contribution in [2.45, 2.75) is 39.9 Å². The van der Waals surface area contributed by atoms with Crippen molar-refractivity contribution in [2.75, 3.05) is 17.2 Å². The van der Waals surface area contributed by atoms with E-state index in [1.165, 1.54) is 0 Å². The molecule has 0 saturated carbocycles. The number of aryl methyl sites for hydroxylation is 1. The molecule has 0 spiro atoms. The van der Waals surface area contributed by atoms with E-state index in [0.717, 1.165) is 42.7 Å². The van der Waals surface area contributed by atoms with Crippen LogP contribution in [-0.2, 0) is 13.1 Å². The number of aromatic nitrogens is 4. The molecule has 2 aromatic heterocycles. The zero-order chi connectivity index (χ0) is 13.6. The number of rotatable bonds is 2. The van der Waals surface area contributed by atoms with Crippen molar-refractivity contribution in [3.8, 4) is 0 Å². The lowest BCUT2D eigenvalue weighted by molar-refractivity contribution is 0.497. The molecule has 0 saturated heterocycles. The van der Waals surface area contributed by atoms with Crippen LogP contribution in [0.15, 0.2) is 12.4 Å². The Morgan fingerprint density at radius 3 is 2.84 bits per heavy atom. The van der Waals surface area contributed by atoms with E-state index in [0.29, 0.717) is 6.04 Å². The maximum Gasteiger partial charge on any atom is 0.151 e. The van der Waals surface area contributed by atoms with Gasteiger partial charge in [0, 0.05) is 31.5 Å². The molecule has 0 fully saturated rings. The van der Waals surface area contributed by atoms with E-state index in [4.69, 9.17) is 5.73 Å². The van der Waals surface area contributed by atoms with E-state index in [-0.39, 0.29) is 0 Å². The summed E-state index contributed by atoms with van der Waals surface area (Å²) >= 11 is 0. The van der Waals surface area contributed by atoms with Gasteiger partial charge in [-0.3, -0.25) is 0 Å². The van der Waals surface area contributed by atoms with E-state index < -0.39 is 0 Å². The molecule has 0 amide bonds. The summed E-state index contributed by atoms with van der Waals surface area (Å²) in [4.78, 5) is 6.67. The Kier molecular flexibility index (Phi) is 2.73. The van der Waals surface area contributed by atoms with Gasteiger partial charge in [-0.15, -0.1) is 0 Å². The SMILES string of the molecule is Cc1nn(C(C)C)c(N2CCn3ccnc3C2)c1N. The van der Waals surface area contributed by atoms with Gasteiger partial charge in [0.25, 0.3) is 0 Å². The van der Waals surface area contributed by atoms with Crippen LogP contribution in [0.2, 0.25) is 0 Å². The maximum atomic E-state index is 6.22. The second-order valence-electron chi connectivity index (χ2n) is 5.32. The number of fused-ring (bicyclic) bond motifs is 1. The smallest absolute Gasteiger partial charge is 0.151 e. The zero-order valence-corrected chi connectivity index (χ0v) is 11.7. The number of anilines is 2. The van der Waals surface area contributed by atoms with E-state index in [9.17, 15) is 0 Å². The van der Waals surface area contributed by atoms with E-state index in [1.54, 1.807) is 0 Å².